The van der Waals surface area contributed by atoms with Crippen LogP contribution in [-0.2, 0) is 9.59 Å². The van der Waals surface area contributed by atoms with Crippen LogP contribution in [0.1, 0.15) is 26.3 Å². The van der Waals surface area contributed by atoms with Gasteiger partial charge in [-0.05, 0) is 19.1 Å². The van der Waals surface area contributed by atoms with Gasteiger partial charge in [-0.25, -0.2) is 5.01 Å². The number of hydrogen-bond donors (Lipinski definition) is 0. The second kappa shape index (κ2) is 9.27. The molecule has 2 aromatic carbocycles. The Morgan fingerprint density at radius 2 is 1.34 bits per heavy atom. The van der Waals surface area contributed by atoms with Crippen LogP contribution >= 0.6 is 81.2 Å². The highest BCUT2D eigenvalue weighted by Gasteiger charge is 2.88. The van der Waals surface area contributed by atoms with Gasteiger partial charge in [-0.2, -0.15) is 5.01 Å². The maximum Gasteiger partial charge on any atom is 0.274 e. The zero-order valence-corrected chi connectivity index (χ0v) is 24.4. The summed E-state index contributed by atoms with van der Waals surface area (Å²) >= 11 is 45.6. The van der Waals surface area contributed by atoms with Crippen molar-refractivity contribution in [3.05, 3.63) is 80.3 Å². The Morgan fingerprint density at radius 1 is 0.842 bits per heavy atom. The lowest BCUT2D eigenvalue weighted by molar-refractivity contribution is -0.154. The van der Waals surface area contributed by atoms with Gasteiger partial charge in [-0.1, -0.05) is 100.0 Å². The summed E-state index contributed by atoms with van der Waals surface area (Å²) < 4.78 is -2.14. The molecule has 2 fully saturated rings. The van der Waals surface area contributed by atoms with Crippen LogP contribution in [0.4, 0.5) is 0 Å². The summed E-state index contributed by atoms with van der Waals surface area (Å²) in [6.45, 7) is 1.16. The maximum absolute atomic E-state index is 13.9. The molecular formula is C25H15Cl7N2O4. The number of hydrazine groups is 1. The number of carbonyl (C=O) groups is 4. The van der Waals surface area contributed by atoms with Crippen LogP contribution in [0.5, 0.6) is 0 Å². The van der Waals surface area contributed by atoms with Gasteiger partial charge in [0.1, 0.15) is 16.3 Å². The highest BCUT2D eigenvalue weighted by Crippen LogP contribution is 2.77. The van der Waals surface area contributed by atoms with E-state index in [4.69, 9.17) is 81.2 Å². The number of fused-ring (bicyclic) bond motifs is 5. The molecule has 4 atom stereocenters. The van der Waals surface area contributed by atoms with Gasteiger partial charge in [0.05, 0.1) is 32.5 Å². The molecule has 0 unspecified atom stereocenters. The van der Waals surface area contributed by atoms with Gasteiger partial charge in [-0.3, -0.25) is 19.2 Å². The molecule has 2 aliphatic carbocycles. The van der Waals surface area contributed by atoms with E-state index in [1.165, 1.54) is 12.1 Å². The summed E-state index contributed by atoms with van der Waals surface area (Å²) in [7, 11) is 0. The number of alkyl halides is 4. The first-order valence-electron chi connectivity index (χ1n) is 11.1. The van der Waals surface area contributed by atoms with Crippen LogP contribution in [0.3, 0.4) is 0 Å². The van der Waals surface area contributed by atoms with Gasteiger partial charge >= 0.3 is 0 Å². The number of carbonyl (C=O) groups excluding carboxylic acids is 4. The van der Waals surface area contributed by atoms with Crippen LogP contribution in [0, 0.1) is 18.8 Å². The average molecular weight is 656 g/mol. The molecule has 3 aliphatic rings. The van der Waals surface area contributed by atoms with Crippen molar-refractivity contribution < 1.29 is 19.2 Å². The fourth-order valence-corrected chi connectivity index (χ4v) is 8.34. The zero-order valence-electron chi connectivity index (χ0n) is 19.2. The average Bonchev–Trinajstić information content (AvgIpc) is 3.26. The lowest BCUT2D eigenvalue weighted by Crippen LogP contribution is -2.56. The molecule has 0 radical (unpaired) electrons. The maximum atomic E-state index is 13.9. The summed E-state index contributed by atoms with van der Waals surface area (Å²) in [5.41, 5.74) is 1.11. The fraction of sp³-hybridized carbons (Fsp3) is 0.280. The van der Waals surface area contributed by atoms with Gasteiger partial charge in [0.15, 0.2) is 10.1 Å². The fourth-order valence-electron chi connectivity index (χ4n) is 5.19. The molecule has 1 heterocycles. The number of benzene rings is 2. The molecule has 0 aromatic heterocycles. The standard InChI is InChI=1S/C25H15Cl7N2O4/c1-11-6-8-12(9-7-11)15(35)10-33(20(36)13-4-2-3-5-14(13)26)34-21(37)16-17(22(34)38)24(30)19(28)18(27)23(16,29)25(24,31)32/h2-9,16-17H,10H2,1H3/t16-,17-,23+,24+/m0/s1. The molecule has 13 heteroatoms. The molecule has 1 saturated carbocycles. The molecule has 3 amide bonds. The first kappa shape index (κ1) is 28.0. The summed E-state index contributed by atoms with van der Waals surface area (Å²) in [6, 6.07) is 12.6. The zero-order chi connectivity index (χ0) is 27.9. The van der Waals surface area contributed by atoms with E-state index in [0.29, 0.717) is 5.01 Å². The summed E-state index contributed by atoms with van der Waals surface area (Å²) in [6.07, 6.45) is 0. The Labute approximate surface area is 252 Å². The molecule has 2 aromatic rings. The molecule has 198 valence electrons. The number of rotatable bonds is 5. The number of nitrogens with zero attached hydrogens (tertiary/aromatic N) is 2. The van der Waals surface area contributed by atoms with Gasteiger partial charge in [0.25, 0.3) is 17.7 Å². The van der Waals surface area contributed by atoms with Gasteiger partial charge in [-0.15, -0.1) is 23.2 Å². The molecule has 5 rings (SSSR count). The Hall–Kier alpha value is -1.51. The van der Waals surface area contributed by atoms with Crippen LogP contribution in [-0.4, -0.2) is 54.1 Å². The Bertz CT molecular complexity index is 1410. The van der Waals surface area contributed by atoms with Crippen LogP contribution in [0.25, 0.3) is 0 Å². The van der Waals surface area contributed by atoms with E-state index in [1.54, 1.807) is 36.4 Å². The molecule has 1 aliphatic heterocycles. The molecule has 0 N–H and O–H groups in total. The first-order valence-corrected chi connectivity index (χ1v) is 13.7. The van der Waals surface area contributed by atoms with E-state index in [-0.39, 0.29) is 26.2 Å². The number of hydrogen-bond acceptors (Lipinski definition) is 4. The SMILES string of the molecule is Cc1ccc(C(=O)CN(C(=O)c2ccccc2Cl)N2C(=O)[C@@H]3[C@@H](C2=O)[C@@]2(Cl)C(Cl)=C(Cl)[C@@]3(Cl)C2(Cl)Cl)cc1. The normalized spacial score (nSPS) is 29.2. The van der Waals surface area contributed by atoms with Crippen molar-refractivity contribution >= 4 is 105 Å². The van der Waals surface area contributed by atoms with Crippen molar-refractivity contribution in [2.24, 2.45) is 11.8 Å². The van der Waals surface area contributed by atoms with E-state index in [2.05, 4.69) is 0 Å². The Balaban J connectivity index is 1.61. The number of Topliss-reactive ketones (excluding diaryl/α,β-unsaturated/α-hetero) is 1. The molecule has 0 spiro atoms. The molecule has 2 bridgehead atoms. The van der Waals surface area contributed by atoms with Gasteiger partial charge in [0, 0.05) is 5.56 Å². The molecule has 1 saturated heterocycles. The second-order valence-electron chi connectivity index (χ2n) is 9.20. The minimum atomic E-state index is -2.14. The van der Waals surface area contributed by atoms with E-state index in [1.807, 2.05) is 6.92 Å². The number of allylic oxidation sites excluding steroid dienone is 2. The largest absolute Gasteiger partial charge is 0.292 e. The monoisotopic (exact) mass is 652 g/mol. The topological polar surface area (TPSA) is 74.8 Å². The quantitative estimate of drug-likeness (QED) is 0.214. The number of imide groups is 1. The summed E-state index contributed by atoms with van der Waals surface area (Å²) in [5, 5.41) is 0.762. The minimum absolute atomic E-state index is 0.0422. The molecule has 38 heavy (non-hydrogen) atoms. The highest BCUT2D eigenvalue weighted by molar-refractivity contribution is 6.66. The van der Waals surface area contributed by atoms with E-state index >= 15 is 0 Å². The smallest absolute Gasteiger partial charge is 0.274 e. The van der Waals surface area contributed by atoms with Crippen molar-refractivity contribution in [2.45, 2.75) is 21.0 Å². The molecule has 6 nitrogen and oxygen atoms in total. The van der Waals surface area contributed by atoms with E-state index in [9.17, 15) is 19.2 Å². The van der Waals surface area contributed by atoms with Crippen molar-refractivity contribution in [1.29, 1.82) is 0 Å². The second-order valence-corrected chi connectivity index (χ2v) is 12.9. The van der Waals surface area contributed by atoms with Gasteiger partial charge in [0.2, 0.25) is 0 Å². The summed E-state index contributed by atoms with van der Waals surface area (Å²) in [5.74, 6) is -6.33. The van der Waals surface area contributed by atoms with Crippen LogP contribution in [0.15, 0.2) is 58.6 Å². The minimum Gasteiger partial charge on any atom is -0.292 e. The van der Waals surface area contributed by atoms with Crippen molar-refractivity contribution in [3.8, 4) is 0 Å². The van der Waals surface area contributed by atoms with E-state index < -0.39 is 56.0 Å². The Kier molecular flexibility index (Phi) is 6.84. The third kappa shape index (κ3) is 3.48. The van der Waals surface area contributed by atoms with Gasteiger partial charge < -0.3 is 0 Å². The number of ketones is 1. The number of amides is 3. The van der Waals surface area contributed by atoms with Crippen molar-refractivity contribution in [3.63, 3.8) is 0 Å². The number of aryl methyl sites for hydroxylation is 1. The lowest BCUT2D eigenvalue weighted by Gasteiger charge is -2.36. The summed E-state index contributed by atoms with van der Waals surface area (Å²) in [4.78, 5) is 50.6. The van der Waals surface area contributed by atoms with Crippen LogP contribution in [0.2, 0.25) is 5.02 Å². The Morgan fingerprint density at radius 3 is 1.84 bits per heavy atom. The predicted octanol–water partition coefficient (Wildman–Crippen LogP) is 6.34. The van der Waals surface area contributed by atoms with E-state index in [0.717, 1.165) is 10.6 Å². The van der Waals surface area contributed by atoms with Crippen molar-refractivity contribution in [2.75, 3.05) is 6.54 Å². The van der Waals surface area contributed by atoms with Crippen LogP contribution < -0.4 is 0 Å². The third-order valence-corrected chi connectivity index (χ3v) is 11.7. The first-order chi connectivity index (χ1) is 17.7. The highest BCUT2D eigenvalue weighted by atomic mass is 35.5. The lowest BCUT2D eigenvalue weighted by atomic mass is 9.84. The molecular weight excluding hydrogens is 640 g/mol. The third-order valence-electron chi connectivity index (χ3n) is 7.13. The number of halogens is 7. The van der Waals surface area contributed by atoms with Crippen molar-refractivity contribution in [1.82, 2.24) is 10.0 Å². The predicted molar refractivity (Wildman–Crippen MR) is 147 cm³/mol.